The van der Waals surface area contributed by atoms with Crippen LogP contribution >= 0.6 is 0 Å². The predicted molar refractivity (Wildman–Crippen MR) is 103 cm³/mol. The van der Waals surface area contributed by atoms with Gasteiger partial charge in [0.15, 0.2) is 9.84 Å². The summed E-state index contributed by atoms with van der Waals surface area (Å²) in [5.41, 5.74) is 2.46. The fourth-order valence-electron chi connectivity index (χ4n) is 2.67. The van der Waals surface area contributed by atoms with Crippen molar-refractivity contribution in [2.24, 2.45) is 7.05 Å². The van der Waals surface area contributed by atoms with Crippen molar-refractivity contribution in [2.75, 3.05) is 11.1 Å². The molecule has 0 radical (unpaired) electrons. The van der Waals surface area contributed by atoms with Crippen LogP contribution in [0.3, 0.4) is 0 Å². The second kappa shape index (κ2) is 7.29. The van der Waals surface area contributed by atoms with Gasteiger partial charge in [0.25, 0.3) is 0 Å². The van der Waals surface area contributed by atoms with Gasteiger partial charge in [-0.05, 0) is 18.6 Å². The quantitative estimate of drug-likeness (QED) is 0.719. The van der Waals surface area contributed by atoms with Crippen LogP contribution in [-0.4, -0.2) is 28.7 Å². The molecule has 0 aliphatic carbocycles. The first-order valence-electron chi connectivity index (χ1n) is 8.43. The normalized spacial score (nSPS) is 12.7. The third-order valence-electron chi connectivity index (χ3n) is 4.24. The molecule has 0 saturated heterocycles. The number of sulfone groups is 1. The Hall–Kier alpha value is -2.67. The number of hydrogen-bond donors (Lipinski definition) is 1. The van der Waals surface area contributed by atoms with E-state index < -0.39 is 9.84 Å². The van der Waals surface area contributed by atoms with Crippen LogP contribution in [0.2, 0.25) is 0 Å². The topological polar surface area (TPSA) is 76.9 Å². The Kier molecular flexibility index (Phi) is 5.08. The van der Waals surface area contributed by atoms with Crippen molar-refractivity contribution < 1.29 is 8.42 Å². The highest BCUT2D eigenvalue weighted by atomic mass is 32.2. The molecule has 0 bridgehead atoms. The third-order valence-corrected chi connectivity index (χ3v) is 5.94. The molecule has 2 aromatic heterocycles. The van der Waals surface area contributed by atoms with Gasteiger partial charge in [0.05, 0.1) is 22.7 Å². The Balaban J connectivity index is 2.04. The Morgan fingerprint density at radius 1 is 1.19 bits per heavy atom. The summed E-state index contributed by atoms with van der Waals surface area (Å²) in [6.45, 7) is 3.66. The van der Waals surface area contributed by atoms with Crippen molar-refractivity contribution in [3.8, 4) is 11.3 Å². The molecule has 0 amide bonds. The smallest absolute Gasteiger partial charge is 0.179 e. The highest BCUT2D eigenvalue weighted by molar-refractivity contribution is 7.91. The summed E-state index contributed by atoms with van der Waals surface area (Å²) in [5, 5.41) is 3.38. The van der Waals surface area contributed by atoms with Gasteiger partial charge in [-0.25, -0.2) is 18.4 Å². The van der Waals surface area contributed by atoms with Gasteiger partial charge in [0.2, 0.25) is 0 Å². The standard InChI is InChI=1S/C19H22N4O2S/c1-4-26(24,25)16-10-17(18-12-23(3)13-21-18)19(20-11-16)22-14(2)15-8-6-5-7-9-15/h5-14H,4H2,1-3H3,(H,20,22)/t14-/m0/s1. The summed E-state index contributed by atoms with van der Waals surface area (Å²) < 4.78 is 26.3. The lowest BCUT2D eigenvalue weighted by Gasteiger charge is -2.17. The lowest BCUT2D eigenvalue weighted by atomic mass is 10.1. The van der Waals surface area contributed by atoms with E-state index >= 15 is 0 Å². The molecule has 7 heteroatoms. The Morgan fingerprint density at radius 3 is 2.54 bits per heavy atom. The lowest BCUT2D eigenvalue weighted by Crippen LogP contribution is -2.11. The highest BCUT2D eigenvalue weighted by Crippen LogP contribution is 2.30. The maximum Gasteiger partial charge on any atom is 0.179 e. The van der Waals surface area contributed by atoms with E-state index in [9.17, 15) is 8.42 Å². The number of aromatic nitrogens is 3. The Morgan fingerprint density at radius 2 is 1.92 bits per heavy atom. The number of anilines is 1. The second-order valence-electron chi connectivity index (χ2n) is 6.17. The fourth-order valence-corrected chi connectivity index (χ4v) is 3.52. The van der Waals surface area contributed by atoms with E-state index in [1.54, 1.807) is 19.3 Å². The zero-order valence-electron chi connectivity index (χ0n) is 15.0. The van der Waals surface area contributed by atoms with Crippen molar-refractivity contribution in [3.05, 3.63) is 60.7 Å². The molecule has 2 heterocycles. The number of aryl methyl sites for hydroxylation is 1. The summed E-state index contributed by atoms with van der Waals surface area (Å²) in [4.78, 5) is 8.98. The molecule has 1 atom stereocenters. The molecule has 0 unspecified atom stereocenters. The highest BCUT2D eigenvalue weighted by Gasteiger charge is 2.18. The van der Waals surface area contributed by atoms with E-state index in [0.717, 1.165) is 5.56 Å². The number of benzene rings is 1. The first kappa shape index (κ1) is 18.1. The van der Waals surface area contributed by atoms with Crippen molar-refractivity contribution >= 4 is 15.7 Å². The molecule has 1 N–H and O–H groups in total. The minimum atomic E-state index is -3.34. The van der Waals surface area contributed by atoms with Crippen LogP contribution in [0.5, 0.6) is 0 Å². The molecule has 26 heavy (non-hydrogen) atoms. The van der Waals surface area contributed by atoms with Gasteiger partial charge in [0.1, 0.15) is 5.82 Å². The van der Waals surface area contributed by atoms with Crippen LogP contribution in [0.4, 0.5) is 5.82 Å². The molecular weight excluding hydrogens is 348 g/mol. The Bertz CT molecular complexity index is 997. The first-order valence-corrected chi connectivity index (χ1v) is 10.1. The largest absolute Gasteiger partial charge is 0.363 e. The summed E-state index contributed by atoms with van der Waals surface area (Å²) in [6.07, 6.45) is 4.93. The monoisotopic (exact) mass is 370 g/mol. The van der Waals surface area contributed by atoms with E-state index in [1.807, 2.05) is 55.1 Å². The summed E-state index contributed by atoms with van der Waals surface area (Å²) in [5.74, 6) is 0.638. The first-order chi connectivity index (χ1) is 12.4. The average molecular weight is 370 g/mol. The SMILES string of the molecule is CCS(=O)(=O)c1cnc(N[C@@H](C)c2ccccc2)c(-c2cn(C)cn2)c1. The van der Waals surface area contributed by atoms with E-state index in [4.69, 9.17) is 0 Å². The van der Waals surface area contributed by atoms with Crippen molar-refractivity contribution in [3.63, 3.8) is 0 Å². The van der Waals surface area contributed by atoms with E-state index in [2.05, 4.69) is 15.3 Å². The number of nitrogens with one attached hydrogen (secondary N) is 1. The summed E-state index contributed by atoms with van der Waals surface area (Å²) in [7, 11) is -1.47. The number of imidazole rings is 1. The van der Waals surface area contributed by atoms with E-state index in [0.29, 0.717) is 17.1 Å². The predicted octanol–water partition coefficient (Wildman–Crippen LogP) is 3.45. The molecular formula is C19H22N4O2S. The number of rotatable bonds is 6. The maximum absolute atomic E-state index is 12.3. The van der Waals surface area contributed by atoms with Crippen LogP contribution in [-0.2, 0) is 16.9 Å². The fraction of sp³-hybridized carbons (Fsp3) is 0.263. The van der Waals surface area contributed by atoms with Crippen LogP contribution < -0.4 is 5.32 Å². The van der Waals surface area contributed by atoms with Gasteiger partial charge in [-0.15, -0.1) is 0 Å². The molecule has 6 nitrogen and oxygen atoms in total. The molecule has 0 saturated carbocycles. The number of pyridine rings is 1. The van der Waals surface area contributed by atoms with E-state index in [1.165, 1.54) is 6.20 Å². The van der Waals surface area contributed by atoms with Gasteiger partial charge in [0, 0.05) is 31.0 Å². The molecule has 0 fully saturated rings. The molecule has 0 aliphatic rings. The zero-order valence-corrected chi connectivity index (χ0v) is 15.9. The van der Waals surface area contributed by atoms with Gasteiger partial charge in [-0.2, -0.15) is 0 Å². The van der Waals surface area contributed by atoms with Gasteiger partial charge in [-0.3, -0.25) is 0 Å². The summed E-state index contributed by atoms with van der Waals surface area (Å²) >= 11 is 0. The summed E-state index contributed by atoms with van der Waals surface area (Å²) in [6, 6.07) is 11.7. The van der Waals surface area contributed by atoms with Crippen LogP contribution in [0, 0.1) is 0 Å². The molecule has 136 valence electrons. The lowest BCUT2D eigenvalue weighted by molar-refractivity contribution is 0.597. The third kappa shape index (κ3) is 3.77. The van der Waals surface area contributed by atoms with Gasteiger partial charge in [-0.1, -0.05) is 37.3 Å². The van der Waals surface area contributed by atoms with Crippen LogP contribution in [0.15, 0.2) is 60.0 Å². The second-order valence-corrected chi connectivity index (χ2v) is 8.45. The van der Waals surface area contributed by atoms with Gasteiger partial charge < -0.3 is 9.88 Å². The van der Waals surface area contributed by atoms with Gasteiger partial charge >= 0.3 is 0 Å². The average Bonchev–Trinajstić information content (AvgIpc) is 3.08. The van der Waals surface area contributed by atoms with Crippen LogP contribution in [0.25, 0.3) is 11.3 Å². The van der Waals surface area contributed by atoms with E-state index in [-0.39, 0.29) is 16.7 Å². The molecule has 1 aromatic carbocycles. The number of hydrogen-bond acceptors (Lipinski definition) is 5. The minimum Gasteiger partial charge on any atom is -0.363 e. The van der Waals surface area contributed by atoms with Crippen molar-refractivity contribution in [1.82, 2.24) is 14.5 Å². The molecule has 3 rings (SSSR count). The Labute approximate surface area is 153 Å². The zero-order chi connectivity index (χ0) is 18.7. The minimum absolute atomic E-state index is 0.0137. The molecule has 3 aromatic rings. The van der Waals surface area contributed by atoms with Crippen molar-refractivity contribution in [2.45, 2.75) is 24.8 Å². The molecule has 0 aliphatic heterocycles. The van der Waals surface area contributed by atoms with Crippen molar-refractivity contribution in [1.29, 1.82) is 0 Å². The maximum atomic E-state index is 12.3. The molecule has 0 spiro atoms. The number of nitrogens with zero attached hydrogens (tertiary/aromatic N) is 3. The van der Waals surface area contributed by atoms with Crippen LogP contribution in [0.1, 0.15) is 25.5 Å².